The maximum atomic E-state index is 11.2. The standard InChI is InChI=1S/C14H12N2O2S/c1-7-5-10-8(2)16-18-11(10)6-9(7)12-3-4-13(19-12)14(15)17/h3-6H,1-2H3,(H2,15,17). The Morgan fingerprint density at radius 1 is 1.32 bits per heavy atom. The molecule has 0 saturated heterocycles. The molecule has 1 aromatic carbocycles. The molecule has 0 spiro atoms. The predicted molar refractivity (Wildman–Crippen MR) is 75.3 cm³/mol. The molecular weight excluding hydrogens is 260 g/mol. The van der Waals surface area contributed by atoms with E-state index in [4.69, 9.17) is 10.3 Å². The number of thiophene rings is 1. The van der Waals surface area contributed by atoms with Crippen molar-refractivity contribution in [2.45, 2.75) is 13.8 Å². The number of rotatable bonds is 2. The number of carbonyl (C=O) groups excluding carboxylic acids is 1. The summed E-state index contributed by atoms with van der Waals surface area (Å²) >= 11 is 1.39. The molecule has 0 saturated carbocycles. The zero-order chi connectivity index (χ0) is 13.6. The molecular formula is C14H12N2O2S. The quantitative estimate of drug-likeness (QED) is 0.778. The Morgan fingerprint density at radius 2 is 2.11 bits per heavy atom. The minimum atomic E-state index is -0.398. The topological polar surface area (TPSA) is 69.1 Å². The maximum absolute atomic E-state index is 11.2. The van der Waals surface area contributed by atoms with Crippen LogP contribution in [0.25, 0.3) is 21.4 Å². The Bertz CT molecular complexity index is 786. The summed E-state index contributed by atoms with van der Waals surface area (Å²) in [5.74, 6) is -0.398. The van der Waals surface area contributed by atoms with E-state index in [0.717, 1.165) is 32.7 Å². The zero-order valence-corrected chi connectivity index (χ0v) is 11.4. The summed E-state index contributed by atoms with van der Waals surface area (Å²) in [6, 6.07) is 7.67. The Morgan fingerprint density at radius 3 is 2.79 bits per heavy atom. The van der Waals surface area contributed by atoms with Crippen LogP contribution >= 0.6 is 11.3 Å². The van der Waals surface area contributed by atoms with Gasteiger partial charge in [-0.25, -0.2) is 0 Å². The van der Waals surface area contributed by atoms with E-state index in [2.05, 4.69) is 11.2 Å². The third-order valence-electron chi connectivity index (χ3n) is 3.11. The molecule has 2 heterocycles. The highest BCUT2D eigenvalue weighted by atomic mass is 32.1. The third kappa shape index (κ3) is 1.92. The minimum absolute atomic E-state index is 0.398. The molecule has 96 valence electrons. The van der Waals surface area contributed by atoms with Crippen molar-refractivity contribution in [3.8, 4) is 10.4 Å². The molecule has 0 bridgehead atoms. The monoisotopic (exact) mass is 272 g/mol. The first-order chi connectivity index (χ1) is 9.06. The van der Waals surface area contributed by atoms with Crippen molar-refractivity contribution in [2.75, 3.05) is 0 Å². The molecule has 0 radical (unpaired) electrons. The van der Waals surface area contributed by atoms with Crippen molar-refractivity contribution in [2.24, 2.45) is 5.73 Å². The van der Waals surface area contributed by atoms with Crippen LogP contribution in [-0.2, 0) is 0 Å². The van der Waals surface area contributed by atoms with Crippen molar-refractivity contribution in [1.29, 1.82) is 0 Å². The second-order valence-corrected chi connectivity index (χ2v) is 5.54. The van der Waals surface area contributed by atoms with Crippen molar-refractivity contribution in [1.82, 2.24) is 5.16 Å². The normalized spacial score (nSPS) is 11.1. The lowest BCUT2D eigenvalue weighted by atomic mass is 10.0. The second-order valence-electron chi connectivity index (χ2n) is 4.46. The van der Waals surface area contributed by atoms with E-state index in [1.54, 1.807) is 6.07 Å². The summed E-state index contributed by atoms with van der Waals surface area (Å²) < 4.78 is 5.28. The van der Waals surface area contributed by atoms with Crippen LogP contribution in [0.1, 0.15) is 20.9 Å². The highest BCUT2D eigenvalue weighted by Gasteiger charge is 2.12. The van der Waals surface area contributed by atoms with E-state index in [0.29, 0.717) is 4.88 Å². The van der Waals surface area contributed by atoms with Gasteiger partial charge in [0.1, 0.15) is 0 Å². The van der Waals surface area contributed by atoms with E-state index in [9.17, 15) is 4.79 Å². The largest absolute Gasteiger partial charge is 0.365 e. The van der Waals surface area contributed by atoms with Gasteiger partial charge in [-0.3, -0.25) is 4.79 Å². The number of nitrogens with zero attached hydrogens (tertiary/aromatic N) is 1. The van der Waals surface area contributed by atoms with Crippen LogP contribution in [0.4, 0.5) is 0 Å². The summed E-state index contributed by atoms with van der Waals surface area (Å²) in [5.41, 5.74) is 9.08. The van der Waals surface area contributed by atoms with Gasteiger partial charge < -0.3 is 10.3 Å². The predicted octanol–water partition coefficient (Wildman–Crippen LogP) is 3.27. The molecule has 3 rings (SSSR count). The highest BCUT2D eigenvalue weighted by Crippen LogP contribution is 2.33. The highest BCUT2D eigenvalue weighted by molar-refractivity contribution is 7.17. The van der Waals surface area contributed by atoms with Crippen molar-refractivity contribution in [3.63, 3.8) is 0 Å². The number of benzene rings is 1. The second kappa shape index (κ2) is 4.20. The molecule has 2 aromatic heterocycles. The van der Waals surface area contributed by atoms with Gasteiger partial charge in [0.05, 0.1) is 10.6 Å². The van der Waals surface area contributed by atoms with E-state index in [1.807, 2.05) is 26.0 Å². The molecule has 19 heavy (non-hydrogen) atoms. The summed E-state index contributed by atoms with van der Waals surface area (Å²) in [4.78, 5) is 12.7. The molecule has 3 aromatic rings. The molecule has 0 aliphatic heterocycles. The molecule has 0 aliphatic rings. The molecule has 0 aliphatic carbocycles. The first-order valence-electron chi connectivity index (χ1n) is 5.83. The van der Waals surface area contributed by atoms with Gasteiger partial charge in [0.15, 0.2) is 5.58 Å². The molecule has 4 nitrogen and oxygen atoms in total. The Hall–Kier alpha value is -2.14. The number of hydrogen-bond acceptors (Lipinski definition) is 4. The first-order valence-corrected chi connectivity index (χ1v) is 6.64. The van der Waals surface area contributed by atoms with Crippen molar-refractivity contribution >= 4 is 28.2 Å². The number of amides is 1. The van der Waals surface area contributed by atoms with Crippen LogP contribution in [0.2, 0.25) is 0 Å². The number of aromatic nitrogens is 1. The maximum Gasteiger partial charge on any atom is 0.258 e. The summed E-state index contributed by atoms with van der Waals surface area (Å²) in [6.07, 6.45) is 0. The molecule has 1 amide bonds. The SMILES string of the molecule is Cc1cc2c(C)noc2cc1-c1ccc(C(N)=O)s1. The number of hydrogen-bond donors (Lipinski definition) is 1. The third-order valence-corrected chi connectivity index (χ3v) is 4.24. The van der Waals surface area contributed by atoms with Crippen LogP contribution < -0.4 is 5.73 Å². The Labute approximate surface area is 113 Å². The van der Waals surface area contributed by atoms with Crippen LogP contribution in [0, 0.1) is 13.8 Å². The van der Waals surface area contributed by atoms with Crippen LogP contribution in [0.5, 0.6) is 0 Å². The molecule has 5 heteroatoms. The average molecular weight is 272 g/mol. The Balaban J connectivity index is 2.18. The van der Waals surface area contributed by atoms with Crippen molar-refractivity contribution in [3.05, 3.63) is 40.4 Å². The van der Waals surface area contributed by atoms with E-state index >= 15 is 0 Å². The lowest BCUT2D eigenvalue weighted by molar-refractivity contribution is 0.100. The van der Waals surface area contributed by atoms with Gasteiger partial charge in [0, 0.05) is 10.3 Å². The first kappa shape index (κ1) is 11.9. The zero-order valence-electron chi connectivity index (χ0n) is 10.6. The van der Waals surface area contributed by atoms with Crippen LogP contribution in [0.15, 0.2) is 28.8 Å². The number of carbonyl (C=O) groups is 1. The van der Waals surface area contributed by atoms with E-state index in [1.165, 1.54) is 11.3 Å². The molecule has 0 atom stereocenters. The van der Waals surface area contributed by atoms with Gasteiger partial charge in [-0.2, -0.15) is 0 Å². The lowest BCUT2D eigenvalue weighted by Crippen LogP contribution is -2.07. The van der Waals surface area contributed by atoms with Gasteiger partial charge in [0.25, 0.3) is 5.91 Å². The van der Waals surface area contributed by atoms with E-state index < -0.39 is 5.91 Å². The molecule has 2 N–H and O–H groups in total. The molecule has 0 unspecified atom stereocenters. The summed E-state index contributed by atoms with van der Waals surface area (Å²) in [6.45, 7) is 3.95. The van der Waals surface area contributed by atoms with Gasteiger partial charge in [0.2, 0.25) is 0 Å². The van der Waals surface area contributed by atoms with Gasteiger partial charge in [-0.05, 0) is 49.2 Å². The van der Waals surface area contributed by atoms with Crippen molar-refractivity contribution < 1.29 is 9.32 Å². The average Bonchev–Trinajstić information content (AvgIpc) is 2.97. The minimum Gasteiger partial charge on any atom is -0.365 e. The van der Waals surface area contributed by atoms with Gasteiger partial charge in [-0.15, -0.1) is 11.3 Å². The smallest absolute Gasteiger partial charge is 0.258 e. The summed E-state index contributed by atoms with van der Waals surface area (Å²) in [7, 11) is 0. The van der Waals surface area contributed by atoms with E-state index in [-0.39, 0.29) is 0 Å². The fraction of sp³-hybridized carbons (Fsp3) is 0.143. The Kier molecular flexibility index (Phi) is 2.64. The fourth-order valence-corrected chi connectivity index (χ4v) is 3.03. The summed E-state index contributed by atoms with van der Waals surface area (Å²) in [5, 5.41) is 4.98. The van der Waals surface area contributed by atoms with Gasteiger partial charge in [-0.1, -0.05) is 5.16 Å². The lowest BCUT2D eigenvalue weighted by Gasteiger charge is -2.02. The number of primary amides is 1. The van der Waals surface area contributed by atoms with Crippen LogP contribution in [-0.4, -0.2) is 11.1 Å². The fourth-order valence-electron chi connectivity index (χ4n) is 2.09. The van der Waals surface area contributed by atoms with Crippen LogP contribution in [0.3, 0.4) is 0 Å². The molecule has 0 fully saturated rings. The van der Waals surface area contributed by atoms with Gasteiger partial charge >= 0.3 is 0 Å². The number of fused-ring (bicyclic) bond motifs is 1. The number of nitrogens with two attached hydrogens (primary N) is 1. The number of aryl methyl sites for hydroxylation is 2.